The molecule has 188 valence electrons. The average molecular weight is 492 g/mol. The van der Waals surface area contributed by atoms with Crippen LogP contribution in [0.5, 0.6) is 17.2 Å². The van der Waals surface area contributed by atoms with E-state index in [0.29, 0.717) is 12.5 Å². The minimum absolute atomic E-state index is 0.0392. The van der Waals surface area contributed by atoms with Crippen LogP contribution in [0.15, 0.2) is 51.7 Å². The van der Waals surface area contributed by atoms with Gasteiger partial charge in [-0.25, -0.2) is 0 Å². The van der Waals surface area contributed by atoms with Crippen LogP contribution < -0.4 is 14.9 Å². The summed E-state index contributed by atoms with van der Waals surface area (Å²) in [5, 5.41) is 10.3. The van der Waals surface area contributed by atoms with E-state index in [4.69, 9.17) is 13.9 Å². The van der Waals surface area contributed by atoms with E-state index in [9.17, 15) is 23.1 Å². The number of aliphatic hydroxyl groups excluding tert-OH is 1. The maximum atomic E-state index is 13.8. The number of piperidine rings is 1. The molecule has 0 saturated carbocycles. The second-order valence-corrected chi connectivity index (χ2v) is 9.11. The number of aliphatic hydroxyl groups is 1. The van der Waals surface area contributed by atoms with Crippen molar-refractivity contribution >= 4 is 11.0 Å². The first-order valence-corrected chi connectivity index (χ1v) is 11.6. The minimum Gasteiger partial charge on any atom is -0.491 e. The Hall–Kier alpha value is -3.04. The van der Waals surface area contributed by atoms with Crippen LogP contribution in [0.25, 0.3) is 11.0 Å². The van der Waals surface area contributed by atoms with E-state index >= 15 is 0 Å². The smallest absolute Gasteiger partial charge is 0.453 e. The molecule has 1 aliphatic rings. The molecule has 1 aliphatic heterocycles. The number of alkyl halides is 3. The van der Waals surface area contributed by atoms with Crippen molar-refractivity contribution in [2.24, 2.45) is 5.92 Å². The fourth-order valence-electron chi connectivity index (χ4n) is 4.11. The summed E-state index contributed by atoms with van der Waals surface area (Å²) in [5.41, 5.74) is -0.457. The molecule has 9 heteroatoms. The van der Waals surface area contributed by atoms with Crippen LogP contribution in [0, 0.1) is 12.8 Å². The van der Waals surface area contributed by atoms with Crippen molar-refractivity contribution in [2.75, 3.05) is 26.2 Å². The number of aryl methyl sites for hydroxylation is 1. The summed E-state index contributed by atoms with van der Waals surface area (Å²) < 4.78 is 57.3. The molecule has 0 amide bonds. The molecule has 0 aliphatic carbocycles. The fraction of sp³-hybridized carbons (Fsp3) is 0.423. The molecular weight excluding hydrogens is 463 g/mol. The molecule has 3 aromatic rings. The zero-order valence-electron chi connectivity index (χ0n) is 19.6. The van der Waals surface area contributed by atoms with Crippen molar-refractivity contribution < 1.29 is 32.2 Å². The van der Waals surface area contributed by atoms with Crippen LogP contribution in [0.1, 0.15) is 31.1 Å². The molecule has 1 atom stereocenters. The van der Waals surface area contributed by atoms with Gasteiger partial charge < -0.3 is 23.9 Å². The maximum absolute atomic E-state index is 13.8. The van der Waals surface area contributed by atoms with Gasteiger partial charge in [-0.1, -0.05) is 19.1 Å². The lowest BCUT2D eigenvalue weighted by atomic mass is 9.99. The first-order chi connectivity index (χ1) is 16.6. The van der Waals surface area contributed by atoms with Crippen LogP contribution in [0.4, 0.5) is 13.2 Å². The number of β-amino-alcohol motifs (C(OH)–C–C–N with tert-alkyl or cyclic N) is 1. The summed E-state index contributed by atoms with van der Waals surface area (Å²) in [6, 6.07) is 10.4. The minimum atomic E-state index is -4.95. The van der Waals surface area contributed by atoms with Crippen molar-refractivity contribution in [1.29, 1.82) is 0 Å². The van der Waals surface area contributed by atoms with Crippen molar-refractivity contribution in [3.05, 3.63) is 64.0 Å². The van der Waals surface area contributed by atoms with E-state index in [2.05, 4.69) is 11.8 Å². The van der Waals surface area contributed by atoms with E-state index in [-0.39, 0.29) is 29.1 Å². The maximum Gasteiger partial charge on any atom is 0.453 e. The number of halogens is 3. The molecular formula is C26H28F3NO5. The summed E-state index contributed by atoms with van der Waals surface area (Å²) in [6.45, 7) is 6.19. The van der Waals surface area contributed by atoms with Gasteiger partial charge in [-0.2, -0.15) is 13.2 Å². The first-order valence-electron chi connectivity index (χ1n) is 11.6. The quantitative estimate of drug-likeness (QED) is 0.478. The lowest BCUT2D eigenvalue weighted by molar-refractivity contribution is -0.154. The third kappa shape index (κ3) is 6.15. The standard InChI is InChI=1S/C26H28F3NO5/c1-16-8-10-30(11-9-16)14-18(31)15-33-19-6-7-21-22(13-19)35-25(26(27,28)29)24(23(21)32)34-20-5-3-4-17(2)12-20/h3-7,12-13,16,18,31H,8-11,14-15H2,1-2H3/t18-/m0/s1. The van der Waals surface area contributed by atoms with Crippen molar-refractivity contribution in [3.63, 3.8) is 0 Å². The topological polar surface area (TPSA) is 72.1 Å². The van der Waals surface area contributed by atoms with E-state index in [0.717, 1.165) is 31.5 Å². The predicted molar refractivity (Wildman–Crippen MR) is 125 cm³/mol. The van der Waals surface area contributed by atoms with Gasteiger partial charge in [-0.05, 0) is 68.6 Å². The Morgan fingerprint density at radius 2 is 1.89 bits per heavy atom. The Morgan fingerprint density at radius 3 is 2.57 bits per heavy atom. The Kier molecular flexibility index (Phi) is 7.37. The molecule has 2 aromatic carbocycles. The highest BCUT2D eigenvalue weighted by Gasteiger charge is 2.40. The highest BCUT2D eigenvalue weighted by molar-refractivity contribution is 5.79. The summed E-state index contributed by atoms with van der Waals surface area (Å²) in [5.74, 6) is -1.48. The Labute approximate surface area is 200 Å². The molecule has 2 heterocycles. The second-order valence-electron chi connectivity index (χ2n) is 9.11. The number of benzene rings is 2. The number of likely N-dealkylation sites (tertiary alicyclic amines) is 1. The van der Waals surface area contributed by atoms with Gasteiger partial charge in [-0.3, -0.25) is 4.79 Å². The highest BCUT2D eigenvalue weighted by Crippen LogP contribution is 2.38. The molecule has 1 N–H and O–H groups in total. The summed E-state index contributed by atoms with van der Waals surface area (Å²) in [7, 11) is 0. The largest absolute Gasteiger partial charge is 0.491 e. The molecule has 0 bridgehead atoms. The molecule has 4 rings (SSSR count). The van der Waals surface area contributed by atoms with Crippen LogP contribution in [-0.4, -0.2) is 42.4 Å². The van der Waals surface area contributed by atoms with Gasteiger partial charge in [0.25, 0.3) is 5.76 Å². The number of hydrogen-bond acceptors (Lipinski definition) is 6. The van der Waals surface area contributed by atoms with Crippen molar-refractivity contribution in [1.82, 2.24) is 4.90 Å². The van der Waals surface area contributed by atoms with Gasteiger partial charge in [0, 0.05) is 12.6 Å². The molecule has 0 spiro atoms. The van der Waals surface area contributed by atoms with Crippen LogP contribution in [-0.2, 0) is 6.18 Å². The molecule has 0 radical (unpaired) electrons. The summed E-state index contributed by atoms with van der Waals surface area (Å²) >= 11 is 0. The molecule has 6 nitrogen and oxygen atoms in total. The number of nitrogens with zero attached hydrogens (tertiary/aromatic N) is 1. The first kappa shape index (κ1) is 25.1. The number of hydrogen-bond donors (Lipinski definition) is 1. The zero-order valence-corrected chi connectivity index (χ0v) is 19.6. The van der Waals surface area contributed by atoms with Gasteiger partial charge in [0.2, 0.25) is 11.2 Å². The lowest BCUT2D eigenvalue weighted by Gasteiger charge is -2.31. The second kappa shape index (κ2) is 10.3. The molecule has 0 unspecified atom stereocenters. The van der Waals surface area contributed by atoms with Crippen molar-refractivity contribution in [2.45, 2.75) is 39.0 Å². The van der Waals surface area contributed by atoms with E-state index < -0.39 is 29.2 Å². The molecule has 1 saturated heterocycles. The molecule has 1 fully saturated rings. The van der Waals surface area contributed by atoms with Crippen LogP contribution >= 0.6 is 0 Å². The summed E-state index contributed by atoms with van der Waals surface area (Å²) in [6.07, 6.45) is -3.56. The normalized spacial score (nSPS) is 16.4. The third-order valence-corrected chi connectivity index (χ3v) is 6.08. The van der Waals surface area contributed by atoms with Crippen LogP contribution in [0.3, 0.4) is 0 Å². The van der Waals surface area contributed by atoms with Gasteiger partial charge in [0.15, 0.2) is 0 Å². The van der Waals surface area contributed by atoms with E-state index in [1.165, 1.54) is 30.3 Å². The SMILES string of the molecule is Cc1cccc(Oc2c(C(F)(F)F)oc3cc(OC[C@@H](O)CN4CCC(C)CC4)ccc3c2=O)c1. The number of fused-ring (bicyclic) bond motifs is 1. The summed E-state index contributed by atoms with van der Waals surface area (Å²) in [4.78, 5) is 15.1. The third-order valence-electron chi connectivity index (χ3n) is 6.08. The van der Waals surface area contributed by atoms with Gasteiger partial charge >= 0.3 is 6.18 Å². The lowest BCUT2D eigenvalue weighted by Crippen LogP contribution is -2.40. The zero-order chi connectivity index (χ0) is 25.2. The number of ether oxygens (including phenoxy) is 2. The van der Waals surface area contributed by atoms with Gasteiger partial charge in [0.1, 0.15) is 29.8 Å². The Balaban J connectivity index is 1.55. The molecule has 35 heavy (non-hydrogen) atoms. The van der Waals surface area contributed by atoms with Gasteiger partial charge in [-0.15, -0.1) is 0 Å². The van der Waals surface area contributed by atoms with Gasteiger partial charge in [0.05, 0.1) is 5.39 Å². The Morgan fingerprint density at radius 1 is 1.14 bits per heavy atom. The van der Waals surface area contributed by atoms with E-state index in [1.807, 2.05) is 0 Å². The predicted octanol–water partition coefficient (Wildman–Crippen LogP) is 5.38. The number of rotatable bonds is 7. The fourth-order valence-corrected chi connectivity index (χ4v) is 4.11. The molecule has 1 aromatic heterocycles. The highest BCUT2D eigenvalue weighted by atomic mass is 19.4. The monoisotopic (exact) mass is 491 g/mol. The van der Waals surface area contributed by atoms with E-state index in [1.54, 1.807) is 19.1 Å². The van der Waals surface area contributed by atoms with Crippen LogP contribution in [0.2, 0.25) is 0 Å². The average Bonchev–Trinajstić information content (AvgIpc) is 2.80. The van der Waals surface area contributed by atoms with Crippen molar-refractivity contribution in [3.8, 4) is 17.2 Å². The Bertz CT molecular complexity index is 1230.